The van der Waals surface area contributed by atoms with Crippen molar-refractivity contribution in [1.82, 2.24) is 9.97 Å². The van der Waals surface area contributed by atoms with Crippen LogP contribution >= 0.6 is 0 Å². The van der Waals surface area contributed by atoms with Gasteiger partial charge in [-0.1, -0.05) is 30.3 Å². The quantitative estimate of drug-likeness (QED) is 0.846. The molecule has 2 N–H and O–H groups in total. The molecule has 1 atom stereocenters. The lowest BCUT2D eigenvalue weighted by molar-refractivity contribution is 0.0963. The minimum atomic E-state index is 0.0487. The molecule has 0 saturated carbocycles. The number of carbonyl (C=O) groups excluding carboxylic acids is 1. The third-order valence-corrected chi connectivity index (χ3v) is 3.55. The number of fused-ring (bicyclic) bond motifs is 1. The molecule has 1 aliphatic carbocycles. The first-order chi connectivity index (χ1) is 9.15. The standard InChI is InChI=1S/C15H15N3O/c1-9-17-12-7-11(10-5-3-2-4-6-10)8-13(19)14(12)15(16)18-9/h2-6,11H,7-8H2,1H3,(H2,16,17,18)/t11-/m1/s1. The lowest BCUT2D eigenvalue weighted by atomic mass is 9.82. The van der Waals surface area contributed by atoms with Crippen LogP contribution in [0, 0.1) is 6.92 Å². The van der Waals surface area contributed by atoms with Gasteiger partial charge in [0.05, 0.1) is 11.3 Å². The van der Waals surface area contributed by atoms with E-state index in [0.717, 1.165) is 12.1 Å². The zero-order chi connectivity index (χ0) is 13.4. The number of carbonyl (C=O) groups is 1. The van der Waals surface area contributed by atoms with Gasteiger partial charge in [0.1, 0.15) is 11.6 Å². The average Bonchev–Trinajstić information content (AvgIpc) is 2.38. The van der Waals surface area contributed by atoms with Crippen molar-refractivity contribution in [2.45, 2.75) is 25.7 Å². The zero-order valence-corrected chi connectivity index (χ0v) is 10.8. The number of ketones is 1. The van der Waals surface area contributed by atoms with Crippen molar-refractivity contribution in [3.8, 4) is 0 Å². The van der Waals surface area contributed by atoms with Gasteiger partial charge in [0.15, 0.2) is 5.78 Å². The van der Waals surface area contributed by atoms with Gasteiger partial charge in [-0.3, -0.25) is 4.79 Å². The Morgan fingerprint density at radius 2 is 1.89 bits per heavy atom. The van der Waals surface area contributed by atoms with Gasteiger partial charge in [0, 0.05) is 6.42 Å². The average molecular weight is 253 g/mol. The Labute approximate surface area is 111 Å². The number of benzene rings is 1. The molecule has 2 aromatic rings. The molecular formula is C15H15N3O. The van der Waals surface area contributed by atoms with E-state index in [1.54, 1.807) is 6.92 Å². The zero-order valence-electron chi connectivity index (χ0n) is 10.8. The highest BCUT2D eigenvalue weighted by molar-refractivity contribution is 6.02. The summed E-state index contributed by atoms with van der Waals surface area (Å²) in [4.78, 5) is 20.7. The molecule has 0 bridgehead atoms. The number of aryl methyl sites for hydroxylation is 1. The molecule has 1 aromatic carbocycles. The molecule has 0 spiro atoms. The summed E-state index contributed by atoms with van der Waals surface area (Å²) in [6.07, 6.45) is 1.23. The normalized spacial score (nSPS) is 18.2. The third kappa shape index (κ3) is 2.10. The number of nitrogens with two attached hydrogens (primary N) is 1. The van der Waals surface area contributed by atoms with Gasteiger partial charge in [-0.2, -0.15) is 0 Å². The van der Waals surface area contributed by atoms with Crippen LogP contribution in [0.25, 0.3) is 0 Å². The highest BCUT2D eigenvalue weighted by Gasteiger charge is 2.29. The fraction of sp³-hybridized carbons (Fsp3) is 0.267. The summed E-state index contributed by atoms with van der Waals surface area (Å²) >= 11 is 0. The monoisotopic (exact) mass is 253 g/mol. The number of nitrogen functional groups attached to an aromatic ring is 1. The summed E-state index contributed by atoms with van der Waals surface area (Å²) in [7, 11) is 0. The minimum absolute atomic E-state index is 0.0487. The predicted octanol–water partition coefficient (Wildman–Crippen LogP) is 2.28. The van der Waals surface area contributed by atoms with Crippen molar-refractivity contribution in [2.24, 2.45) is 0 Å². The molecular weight excluding hydrogens is 238 g/mol. The van der Waals surface area contributed by atoms with Crippen LogP contribution in [0.5, 0.6) is 0 Å². The summed E-state index contributed by atoms with van der Waals surface area (Å²) in [5.74, 6) is 1.18. The number of rotatable bonds is 1. The summed E-state index contributed by atoms with van der Waals surface area (Å²) < 4.78 is 0. The maximum Gasteiger partial charge on any atom is 0.169 e. The van der Waals surface area contributed by atoms with Crippen LogP contribution in [0.2, 0.25) is 0 Å². The van der Waals surface area contributed by atoms with Crippen LogP contribution in [-0.2, 0) is 6.42 Å². The lowest BCUT2D eigenvalue weighted by Gasteiger charge is -2.24. The topological polar surface area (TPSA) is 68.9 Å². The van der Waals surface area contributed by atoms with Crippen LogP contribution in [0.4, 0.5) is 5.82 Å². The van der Waals surface area contributed by atoms with Gasteiger partial charge in [-0.15, -0.1) is 0 Å². The molecule has 1 aliphatic rings. The van der Waals surface area contributed by atoms with Crippen LogP contribution in [0.3, 0.4) is 0 Å². The Hall–Kier alpha value is -2.23. The van der Waals surface area contributed by atoms with Gasteiger partial charge in [0.25, 0.3) is 0 Å². The molecule has 1 aromatic heterocycles. The number of hydrogen-bond donors (Lipinski definition) is 1. The minimum Gasteiger partial charge on any atom is -0.383 e. The first-order valence-corrected chi connectivity index (χ1v) is 6.36. The van der Waals surface area contributed by atoms with Gasteiger partial charge >= 0.3 is 0 Å². The van der Waals surface area contributed by atoms with Gasteiger partial charge in [-0.25, -0.2) is 9.97 Å². The smallest absolute Gasteiger partial charge is 0.169 e. The Balaban J connectivity index is 2.03. The Bertz CT molecular complexity index is 637. The van der Waals surface area contributed by atoms with Crippen molar-refractivity contribution in [2.75, 3.05) is 5.73 Å². The van der Waals surface area contributed by atoms with E-state index in [1.807, 2.05) is 18.2 Å². The Kier molecular flexibility index (Phi) is 2.78. The van der Waals surface area contributed by atoms with E-state index >= 15 is 0 Å². The van der Waals surface area contributed by atoms with Gasteiger partial charge in [0.2, 0.25) is 0 Å². The van der Waals surface area contributed by atoms with Crippen LogP contribution in [0.15, 0.2) is 30.3 Å². The van der Waals surface area contributed by atoms with Crippen LogP contribution in [0.1, 0.15) is 39.8 Å². The third-order valence-electron chi connectivity index (χ3n) is 3.55. The van der Waals surface area contributed by atoms with E-state index < -0.39 is 0 Å². The Morgan fingerprint density at radius 1 is 1.16 bits per heavy atom. The fourth-order valence-electron chi connectivity index (χ4n) is 2.70. The molecule has 96 valence electrons. The number of Topliss-reactive ketones (excluding diaryl/α,β-unsaturated/α-hetero) is 1. The molecule has 0 unspecified atom stereocenters. The van der Waals surface area contributed by atoms with Crippen molar-refractivity contribution < 1.29 is 4.79 Å². The van der Waals surface area contributed by atoms with Crippen molar-refractivity contribution in [3.05, 3.63) is 53.0 Å². The van der Waals surface area contributed by atoms with Gasteiger partial charge < -0.3 is 5.73 Å². The first kappa shape index (κ1) is 11.8. The molecule has 0 amide bonds. The predicted molar refractivity (Wildman–Crippen MR) is 73.0 cm³/mol. The molecule has 4 heteroatoms. The van der Waals surface area contributed by atoms with E-state index in [0.29, 0.717) is 23.6 Å². The molecule has 19 heavy (non-hydrogen) atoms. The first-order valence-electron chi connectivity index (χ1n) is 6.36. The second kappa shape index (κ2) is 4.46. The second-order valence-corrected chi connectivity index (χ2v) is 4.92. The summed E-state index contributed by atoms with van der Waals surface area (Å²) in [5.41, 5.74) is 8.33. The molecule has 0 saturated heterocycles. The van der Waals surface area contributed by atoms with Crippen molar-refractivity contribution >= 4 is 11.6 Å². The molecule has 4 nitrogen and oxygen atoms in total. The van der Waals surface area contributed by atoms with Crippen LogP contribution < -0.4 is 5.73 Å². The van der Waals surface area contributed by atoms with Crippen LogP contribution in [-0.4, -0.2) is 15.8 Å². The lowest BCUT2D eigenvalue weighted by Crippen LogP contribution is -2.23. The summed E-state index contributed by atoms with van der Waals surface area (Å²) in [6, 6.07) is 10.1. The SMILES string of the molecule is Cc1nc(N)c2c(n1)C[C@@H](c1ccccc1)CC2=O. The number of nitrogens with zero attached hydrogens (tertiary/aromatic N) is 2. The van der Waals surface area contributed by atoms with E-state index in [2.05, 4.69) is 22.1 Å². The Morgan fingerprint density at radius 3 is 2.63 bits per heavy atom. The number of hydrogen-bond acceptors (Lipinski definition) is 4. The van der Waals surface area contributed by atoms with E-state index in [9.17, 15) is 4.79 Å². The fourth-order valence-corrected chi connectivity index (χ4v) is 2.70. The largest absolute Gasteiger partial charge is 0.383 e. The number of anilines is 1. The maximum atomic E-state index is 12.2. The second-order valence-electron chi connectivity index (χ2n) is 4.92. The molecule has 0 fully saturated rings. The highest BCUT2D eigenvalue weighted by atomic mass is 16.1. The summed E-state index contributed by atoms with van der Waals surface area (Å²) in [6.45, 7) is 1.80. The van der Waals surface area contributed by atoms with E-state index in [1.165, 1.54) is 5.56 Å². The highest BCUT2D eigenvalue weighted by Crippen LogP contribution is 2.33. The number of aromatic nitrogens is 2. The van der Waals surface area contributed by atoms with Crippen molar-refractivity contribution in [1.29, 1.82) is 0 Å². The molecule has 3 rings (SSSR count). The molecule has 0 radical (unpaired) electrons. The van der Waals surface area contributed by atoms with E-state index in [4.69, 9.17) is 5.73 Å². The van der Waals surface area contributed by atoms with E-state index in [-0.39, 0.29) is 11.7 Å². The molecule has 1 heterocycles. The maximum absolute atomic E-state index is 12.2. The van der Waals surface area contributed by atoms with Gasteiger partial charge in [-0.05, 0) is 24.8 Å². The summed E-state index contributed by atoms with van der Waals surface area (Å²) in [5, 5.41) is 0. The molecule has 0 aliphatic heterocycles. The van der Waals surface area contributed by atoms with Crippen molar-refractivity contribution in [3.63, 3.8) is 0 Å².